The molecular weight excluding hydrogens is 174 g/mol. The van der Waals surface area contributed by atoms with Crippen LogP contribution < -0.4 is 5.32 Å². The van der Waals surface area contributed by atoms with Gasteiger partial charge in [-0.1, -0.05) is 13.3 Å². The molecule has 0 aromatic heterocycles. The zero-order valence-corrected chi connectivity index (χ0v) is 10.1. The van der Waals surface area contributed by atoms with Gasteiger partial charge in [-0.05, 0) is 45.4 Å². The van der Waals surface area contributed by atoms with Crippen molar-refractivity contribution in [1.82, 2.24) is 5.32 Å². The van der Waals surface area contributed by atoms with Gasteiger partial charge in [0.25, 0.3) is 0 Å². The Kier molecular flexibility index (Phi) is 3.59. The first kappa shape index (κ1) is 12.0. The number of aliphatic hydroxyl groups is 1. The molecular formula is C12H25NO. The predicted molar refractivity (Wildman–Crippen MR) is 60.3 cm³/mol. The van der Waals surface area contributed by atoms with Gasteiger partial charge in [-0.3, -0.25) is 0 Å². The maximum atomic E-state index is 9.78. The molecule has 0 bridgehead atoms. The molecule has 1 aliphatic carbocycles. The smallest absolute Gasteiger partial charge is 0.0741 e. The molecule has 0 aliphatic heterocycles. The summed E-state index contributed by atoms with van der Waals surface area (Å²) in [6.45, 7) is 9.13. The first-order valence-corrected chi connectivity index (χ1v) is 5.85. The molecule has 2 heteroatoms. The largest absolute Gasteiger partial charge is 0.389 e. The van der Waals surface area contributed by atoms with Crippen molar-refractivity contribution >= 4 is 0 Å². The molecule has 1 atom stereocenters. The van der Waals surface area contributed by atoms with Crippen LogP contribution in [0.1, 0.15) is 53.4 Å². The van der Waals surface area contributed by atoms with Crippen LogP contribution >= 0.6 is 0 Å². The molecule has 0 saturated heterocycles. The lowest BCUT2D eigenvalue weighted by Crippen LogP contribution is -2.50. The third-order valence-corrected chi connectivity index (χ3v) is 4.01. The maximum absolute atomic E-state index is 9.78. The summed E-state index contributed by atoms with van der Waals surface area (Å²) < 4.78 is 0. The molecule has 0 spiro atoms. The van der Waals surface area contributed by atoms with E-state index in [2.05, 4.69) is 19.2 Å². The molecule has 2 nitrogen and oxygen atoms in total. The van der Waals surface area contributed by atoms with E-state index in [-0.39, 0.29) is 6.04 Å². The first-order chi connectivity index (χ1) is 6.40. The van der Waals surface area contributed by atoms with E-state index in [0.717, 1.165) is 6.54 Å². The van der Waals surface area contributed by atoms with Gasteiger partial charge in [0.15, 0.2) is 0 Å². The van der Waals surface area contributed by atoms with Crippen molar-refractivity contribution in [2.45, 2.75) is 65.0 Å². The lowest BCUT2D eigenvalue weighted by Gasteiger charge is -2.43. The highest BCUT2D eigenvalue weighted by molar-refractivity contribution is 4.90. The fraction of sp³-hybridized carbons (Fsp3) is 1.00. The van der Waals surface area contributed by atoms with Gasteiger partial charge in [-0.15, -0.1) is 0 Å². The van der Waals surface area contributed by atoms with Crippen molar-refractivity contribution in [1.29, 1.82) is 0 Å². The average molecular weight is 199 g/mol. The summed E-state index contributed by atoms with van der Waals surface area (Å²) in [7, 11) is 0. The highest BCUT2D eigenvalue weighted by Gasteiger charge is 2.35. The van der Waals surface area contributed by atoms with Crippen molar-refractivity contribution in [3.05, 3.63) is 0 Å². The van der Waals surface area contributed by atoms with Crippen LogP contribution in [-0.4, -0.2) is 23.3 Å². The molecule has 1 rings (SSSR count). The Bertz CT molecular complexity index is 174. The number of hydrogen-bond acceptors (Lipinski definition) is 2. The van der Waals surface area contributed by atoms with Gasteiger partial charge < -0.3 is 10.4 Å². The van der Waals surface area contributed by atoms with Gasteiger partial charge in [0.05, 0.1) is 5.60 Å². The lowest BCUT2D eigenvalue weighted by atomic mass is 9.67. The summed E-state index contributed by atoms with van der Waals surface area (Å²) in [5, 5.41) is 13.3. The van der Waals surface area contributed by atoms with Crippen molar-refractivity contribution in [2.75, 3.05) is 6.54 Å². The molecule has 0 heterocycles. The van der Waals surface area contributed by atoms with E-state index in [4.69, 9.17) is 0 Å². The van der Waals surface area contributed by atoms with Crippen LogP contribution in [0.25, 0.3) is 0 Å². The second-order valence-electron chi connectivity index (χ2n) is 5.46. The third-order valence-electron chi connectivity index (χ3n) is 4.01. The quantitative estimate of drug-likeness (QED) is 0.712. The Morgan fingerprint density at radius 1 is 1.43 bits per heavy atom. The highest BCUT2D eigenvalue weighted by Crippen LogP contribution is 2.43. The SMILES string of the molecule is CCC1(CNC(C)C(C)(C)O)CCC1. The summed E-state index contributed by atoms with van der Waals surface area (Å²) in [6, 6.07) is 0.173. The van der Waals surface area contributed by atoms with Gasteiger partial charge in [0, 0.05) is 12.6 Å². The second-order valence-corrected chi connectivity index (χ2v) is 5.46. The third kappa shape index (κ3) is 2.71. The Hall–Kier alpha value is -0.0800. The minimum atomic E-state index is -0.612. The monoisotopic (exact) mass is 199 g/mol. The summed E-state index contributed by atoms with van der Waals surface area (Å²) >= 11 is 0. The minimum Gasteiger partial charge on any atom is -0.389 e. The van der Waals surface area contributed by atoms with Crippen LogP contribution in [0, 0.1) is 5.41 Å². The zero-order chi connectivity index (χ0) is 10.8. The normalized spacial score (nSPS) is 22.9. The molecule has 0 amide bonds. The molecule has 14 heavy (non-hydrogen) atoms. The second kappa shape index (κ2) is 4.19. The zero-order valence-electron chi connectivity index (χ0n) is 10.1. The van der Waals surface area contributed by atoms with Crippen LogP contribution in [0.3, 0.4) is 0 Å². The van der Waals surface area contributed by atoms with Crippen LogP contribution in [0.15, 0.2) is 0 Å². The standard InChI is InChI=1S/C12H25NO/c1-5-12(7-6-8-12)9-13-10(2)11(3,4)14/h10,13-14H,5-9H2,1-4H3. The van der Waals surface area contributed by atoms with Crippen molar-refractivity contribution < 1.29 is 5.11 Å². The van der Waals surface area contributed by atoms with E-state index >= 15 is 0 Å². The molecule has 0 radical (unpaired) electrons. The highest BCUT2D eigenvalue weighted by atomic mass is 16.3. The maximum Gasteiger partial charge on any atom is 0.0741 e. The van der Waals surface area contributed by atoms with Gasteiger partial charge >= 0.3 is 0 Å². The molecule has 84 valence electrons. The summed E-state index contributed by atoms with van der Waals surface area (Å²) in [4.78, 5) is 0. The van der Waals surface area contributed by atoms with Crippen LogP contribution in [0.5, 0.6) is 0 Å². The molecule has 1 saturated carbocycles. The van der Waals surface area contributed by atoms with Gasteiger partial charge in [0.2, 0.25) is 0 Å². The van der Waals surface area contributed by atoms with Gasteiger partial charge in [0.1, 0.15) is 0 Å². The van der Waals surface area contributed by atoms with Gasteiger partial charge in [-0.2, -0.15) is 0 Å². The Balaban J connectivity index is 2.32. The van der Waals surface area contributed by atoms with E-state index in [0.29, 0.717) is 5.41 Å². The molecule has 1 fully saturated rings. The van der Waals surface area contributed by atoms with Crippen molar-refractivity contribution in [3.8, 4) is 0 Å². The average Bonchev–Trinajstić information content (AvgIpc) is 2.01. The fourth-order valence-electron chi connectivity index (χ4n) is 1.95. The fourth-order valence-corrected chi connectivity index (χ4v) is 1.95. The van der Waals surface area contributed by atoms with E-state index in [9.17, 15) is 5.11 Å². The summed E-state index contributed by atoms with van der Waals surface area (Å²) in [5.74, 6) is 0. The molecule has 0 aromatic carbocycles. The van der Waals surface area contributed by atoms with E-state index in [1.807, 2.05) is 13.8 Å². The van der Waals surface area contributed by atoms with Gasteiger partial charge in [-0.25, -0.2) is 0 Å². The predicted octanol–water partition coefficient (Wildman–Crippen LogP) is 2.32. The lowest BCUT2D eigenvalue weighted by molar-refractivity contribution is 0.0310. The topological polar surface area (TPSA) is 32.3 Å². The van der Waals surface area contributed by atoms with Crippen LogP contribution in [0.4, 0.5) is 0 Å². The molecule has 0 aromatic rings. The van der Waals surface area contributed by atoms with E-state index in [1.165, 1.54) is 25.7 Å². The van der Waals surface area contributed by atoms with Crippen LogP contribution in [0.2, 0.25) is 0 Å². The number of rotatable bonds is 5. The van der Waals surface area contributed by atoms with Crippen LogP contribution in [-0.2, 0) is 0 Å². The number of hydrogen-bond donors (Lipinski definition) is 2. The van der Waals surface area contributed by atoms with E-state index < -0.39 is 5.60 Å². The van der Waals surface area contributed by atoms with Crippen molar-refractivity contribution in [2.24, 2.45) is 5.41 Å². The molecule has 1 unspecified atom stereocenters. The summed E-state index contributed by atoms with van der Waals surface area (Å²) in [5.41, 5.74) is -0.0712. The number of nitrogens with one attached hydrogen (secondary N) is 1. The van der Waals surface area contributed by atoms with Crippen molar-refractivity contribution in [3.63, 3.8) is 0 Å². The molecule has 1 aliphatic rings. The van der Waals surface area contributed by atoms with E-state index in [1.54, 1.807) is 0 Å². The Labute approximate surface area is 88.1 Å². The summed E-state index contributed by atoms with van der Waals surface area (Å²) in [6.07, 6.45) is 5.36. The molecule has 2 N–H and O–H groups in total. The Morgan fingerprint density at radius 3 is 2.29 bits per heavy atom. The first-order valence-electron chi connectivity index (χ1n) is 5.85. The Morgan fingerprint density at radius 2 is 2.00 bits per heavy atom. The minimum absolute atomic E-state index is 0.173.